The van der Waals surface area contributed by atoms with E-state index < -0.39 is 12.0 Å². The molecule has 4 rings (SSSR count). The van der Waals surface area contributed by atoms with Crippen LogP contribution < -0.4 is 15.0 Å². The molecule has 1 fully saturated rings. The van der Waals surface area contributed by atoms with Crippen molar-refractivity contribution in [1.29, 1.82) is 0 Å². The van der Waals surface area contributed by atoms with Crippen molar-refractivity contribution < 1.29 is 22.7 Å². The van der Waals surface area contributed by atoms with Gasteiger partial charge in [0.2, 0.25) is 0 Å². The molecular weight excluding hydrogens is 467 g/mol. The number of nitrogens with zero attached hydrogens (tertiary/aromatic N) is 2. The highest BCUT2D eigenvalue weighted by atomic mass is 19.3. The van der Waals surface area contributed by atoms with Gasteiger partial charge in [-0.25, -0.2) is 4.39 Å². The van der Waals surface area contributed by atoms with Crippen molar-refractivity contribution >= 4 is 17.8 Å². The van der Waals surface area contributed by atoms with Gasteiger partial charge in [-0.15, -0.1) is 0 Å². The molecule has 1 aliphatic carbocycles. The van der Waals surface area contributed by atoms with Gasteiger partial charge in [0, 0.05) is 19.0 Å². The molecule has 198 valence electrons. The summed E-state index contributed by atoms with van der Waals surface area (Å²) in [6, 6.07) is 4.87. The Bertz CT molecular complexity index is 1080. The summed E-state index contributed by atoms with van der Waals surface area (Å²) in [6.07, 6.45) is 1.27. The first kappa shape index (κ1) is 26.6. The number of likely N-dealkylation sites (N-methyl/N-ethyl adjacent to an activating group) is 1. The third kappa shape index (κ3) is 5.42. The molecule has 8 heteroatoms. The minimum Gasteiger partial charge on any atom is -0.423 e. The van der Waals surface area contributed by atoms with Crippen LogP contribution in [0.2, 0.25) is 0 Å². The Balaban J connectivity index is 1.48. The van der Waals surface area contributed by atoms with E-state index in [9.17, 15) is 18.0 Å². The highest BCUT2D eigenvalue weighted by Gasteiger charge is 2.50. The van der Waals surface area contributed by atoms with Crippen LogP contribution in [0, 0.1) is 16.7 Å². The molecule has 3 unspecified atom stereocenters. The summed E-state index contributed by atoms with van der Waals surface area (Å²) in [5.74, 6) is -1.17. The average molecular weight is 506 g/mol. The van der Waals surface area contributed by atoms with Gasteiger partial charge < -0.3 is 15.0 Å². The largest absolute Gasteiger partial charge is 0.482 e. The summed E-state index contributed by atoms with van der Waals surface area (Å²) in [4.78, 5) is 17.4. The Kier molecular flexibility index (Phi) is 6.95. The quantitative estimate of drug-likeness (QED) is 0.470. The van der Waals surface area contributed by atoms with E-state index in [-0.39, 0.29) is 41.0 Å². The summed E-state index contributed by atoms with van der Waals surface area (Å²) >= 11 is 0. The van der Waals surface area contributed by atoms with Crippen LogP contribution in [0.5, 0.6) is 5.75 Å². The first-order chi connectivity index (χ1) is 16.7. The molecule has 1 aromatic carbocycles. The van der Waals surface area contributed by atoms with Crippen LogP contribution in [0.4, 0.5) is 18.9 Å². The number of hydrogen-bond donors (Lipinski definition) is 1. The van der Waals surface area contributed by atoms with Gasteiger partial charge in [-0.05, 0) is 67.1 Å². The van der Waals surface area contributed by atoms with Gasteiger partial charge in [0.05, 0.1) is 23.6 Å². The lowest BCUT2D eigenvalue weighted by Crippen LogP contribution is -2.50. The smallest absolute Gasteiger partial charge is 0.423 e. The number of benzene rings is 1. The van der Waals surface area contributed by atoms with Crippen LogP contribution in [0.25, 0.3) is 0 Å². The van der Waals surface area contributed by atoms with E-state index in [1.54, 1.807) is 19.1 Å². The Hall–Kier alpha value is -2.51. The Labute approximate surface area is 212 Å². The summed E-state index contributed by atoms with van der Waals surface area (Å²) in [5, 5.41) is 3.52. The van der Waals surface area contributed by atoms with Crippen molar-refractivity contribution in [2.24, 2.45) is 21.7 Å². The van der Waals surface area contributed by atoms with Crippen LogP contribution >= 0.6 is 0 Å². The van der Waals surface area contributed by atoms with Gasteiger partial charge in [0.25, 0.3) is 0 Å². The molecule has 2 aliphatic heterocycles. The average Bonchev–Trinajstić information content (AvgIpc) is 2.83. The number of halogens is 3. The van der Waals surface area contributed by atoms with E-state index in [1.165, 1.54) is 12.3 Å². The zero-order valence-electron chi connectivity index (χ0n) is 22.1. The Morgan fingerprint density at radius 3 is 2.58 bits per heavy atom. The molecule has 5 nitrogen and oxygen atoms in total. The van der Waals surface area contributed by atoms with Crippen molar-refractivity contribution in [3.63, 3.8) is 0 Å². The second-order valence-electron chi connectivity index (χ2n) is 12.1. The fourth-order valence-corrected chi connectivity index (χ4v) is 6.02. The van der Waals surface area contributed by atoms with Crippen LogP contribution in [-0.2, 0) is 11.2 Å². The highest BCUT2D eigenvalue weighted by Crippen LogP contribution is 2.46. The molecular formula is C28H38F3N3O2. The standard InChI is InChI=1S/C28H38F3N3O2/c1-7-34-23-9-8-18(11-24(23)36-28(30,31)25(34)35)10-19-12-22(21(29)16-32-19)33-20-14-26(3,4)13-17(2)27(5,6)15-20/h8-9,11,16-17,19-20,33H,7,10,12-15H2,1-6H3. The third-order valence-electron chi connectivity index (χ3n) is 8.10. The Morgan fingerprint density at radius 1 is 1.17 bits per heavy atom. The van der Waals surface area contributed by atoms with Crippen molar-refractivity contribution in [1.82, 2.24) is 5.32 Å². The molecule has 0 aromatic heterocycles. The molecule has 0 spiro atoms. The van der Waals surface area contributed by atoms with E-state index in [1.807, 2.05) is 0 Å². The van der Waals surface area contributed by atoms with Gasteiger partial charge in [-0.2, -0.15) is 8.78 Å². The molecule has 3 aliphatic rings. The highest BCUT2D eigenvalue weighted by molar-refractivity contribution is 6.00. The lowest BCUT2D eigenvalue weighted by atomic mass is 9.73. The number of anilines is 1. The van der Waals surface area contributed by atoms with Crippen LogP contribution in [0.1, 0.15) is 72.8 Å². The SMILES string of the molecule is CCN1C(=O)C(F)(F)Oc2cc(CC3CC(NC4CC(C)(C)CC(C)C(C)(C)C4)=C(F)C=N3)ccc21. The fourth-order valence-electron chi connectivity index (χ4n) is 6.02. The van der Waals surface area contributed by atoms with E-state index in [4.69, 9.17) is 4.74 Å². The topological polar surface area (TPSA) is 53.9 Å². The molecule has 1 amide bonds. The molecule has 1 N–H and O–H groups in total. The second kappa shape index (κ2) is 9.42. The van der Waals surface area contributed by atoms with Gasteiger partial charge in [0.15, 0.2) is 11.6 Å². The molecule has 1 aromatic rings. The molecule has 1 saturated carbocycles. The number of carbonyl (C=O) groups excluding carboxylic acids is 1. The number of nitrogens with one attached hydrogen (secondary N) is 1. The molecule has 36 heavy (non-hydrogen) atoms. The second-order valence-corrected chi connectivity index (χ2v) is 12.1. The van der Waals surface area contributed by atoms with Crippen molar-refractivity contribution in [3.8, 4) is 5.75 Å². The van der Waals surface area contributed by atoms with E-state index >= 15 is 0 Å². The summed E-state index contributed by atoms with van der Waals surface area (Å²) in [5.41, 5.74) is 1.92. The predicted molar refractivity (Wildman–Crippen MR) is 136 cm³/mol. The van der Waals surface area contributed by atoms with Crippen LogP contribution in [0.15, 0.2) is 34.7 Å². The summed E-state index contributed by atoms with van der Waals surface area (Å²) in [7, 11) is 0. The number of aliphatic imine (C=N–C) groups is 1. The number of dihydropyridines is 1. The third-order valence-corrected chi connectivity index (χ3v) is 8.10. The van der Waals surface area contributed by atoms with E-state index in [2.05, 4.69) is 44.9 Å². The monoisotopic (exact) mass is 505 g/mol. The van der Waals surface area contributed by atoms with E-state index in [0.29, 0.717) is 30.1 Å². The number of allylic oxidation sites excluding steroid dienone is 1. The Morgan fingerprint density at radius 2 is 1.89 bits per heavy atom. The fraction of sp³-hybridized carbons (Fsp3) is 0.643. The zero-order valence-corrected chi connectivity index (χ0v) is 22.1. The normalized spacial score (nSPS) is 28.9. The van der Waals surface area contributed by atoms with Crippen molar-refractivity contribution in [2.45, 2.75) is 91.8 Å². The summed E-state index contributed by atoms with van der Waals surface area (Å²) < 4.78 is 47.8. The molecule has 2 heterocycles. The number of rotatable bonds is 5. The number of carbonyl (C=O) groups is 1. The number of alkyl halides is 2. The number of amides is 1. The van der Waals surface area contributed by atoms with Gasteiger partial charge in [0.1, 0.15) is 0 Å². The summed E-state index contributed by atoms with van der Waals surface area (Å²) in [6.45, 7) is 13.2. The maximum absolute atomic E-state index is 14.8. The van der Waals surface area contributed by atoms with E-state index in [0.717, 1.165) is 29.7 Å². The van der Waals surface area contributed by atoms with Gasteiger partial charge in [-0.3, -0.25) is 9.79 Å². The van der Waals surface area contributed by atoms with Crippen LogP contribution in [-0.4, -0.2) is 36.9 Å². The molecule has 0 bridgehead atoms. The van der Waals surface area contributed by atoms with Crippen molar-refractivity contribution in [2.75, 3.05) is 11.4 Å². The van der Waals surface area contributed by atoms with Gasteiger partial charge >= 0.3 is 12.0 Å². The maximum Gasteiger partial charge on any atom is 0.482 e. The molecule has 3 atom stereocenters. The number of ether oxygens (including phenoxy) is 1. The maximum atomic E-state index is 14.8. The first-order valence-electron chi connectivity index (χ1n) is 12.9. The molecule has 0 saturated heterocycles. The first-order valence-corrected chi connectivity index (χ1v) is 12.9. The predicted octanol–water partition coefficient (Wildman–Crippen LogP) is 6.42. The number of hydrogen-bond acceptors (Lipinski definition) is 4. The van der Waals surface area contributed by atoms with Crippen molar-refractivity contribution in [3.05, 3.63) is 35.3 Å². The molecule has 0 radical (unpaired) electrons. The minimum atomic E-state index is -3.90. The number of fused-ring (bicyclic) bond motifs is 1. The van der Waals surface area contributed by atoms with Gasteiger partial charge in [-0.1, -0.05) is 40.7 Å². The lowest BCUT2D eigenvalue weighted by molar-refractivity contribution is -0.192. The zero-order chi connectivity index (χ0) is 26.5. The van der Waals surface area contributed by atoms with Crippen LogP contribution in [0.3, 0.4) is 0 Å². The lowest BCUT2D eigenvalue weighted by Gasteiger charge is -2.34. The minimum absolute atomic E-state index is 0.0316.